The summed E-state index contributed by atoms with van der Waals surface area (Å²) in [6.07, 6.45) is 4.41. The minimum atomic E-state index is -0.537. The number of likely N-dealkylation sites (tertiary alicyclic amines) is 1. The molecule has 1 aromatic carbocycles. The van der Waals surface area contributed by atoms with Gasteiger partial charge in [-0.25, -0.2) is 4.79 Å². The highest BCUT2D eigenvalue weighted by atomic mass is 16.5. The van der Waals surface area contributed by atoms with E-state index in [0.29, 0.717) is 25.4 Å². The normalized spacial score (nSPS) is 25.2. The summed E-state index contributed by atoms with van der Waals surface area (Å²) in [7, 11) is 0. The zero-order valence-electron chi connectivity index (χ0n) is 21.6. The molecule has 0 spiro atoms. The summed E-state index contributed by atoms with van der Waals surface area (Å²) < 4.78 is 5.87. The Morgan fingerprint density at radius 1 is 1.15 bits per heavy atom. The number of carbonyl (C=O) groups is 2. The first-order valence-electron chi connectivity index (χ1n) is 12.6. The third-order valence-corrected chi connectivity index (χ3v) is 8.65. The van der Waals surface area contributed by atoms with Crippen LogP contribution in [-0.4, -0.2) is 51.7 Å². The van der Waals surface area contributed by atoms with Crippen LogP contribution in [0.2, 0.25) is 0 Å². The Bertz CT molecular complexity index is 897. The van der Waals surface area contributed by atoms with Crippen LogP contribution in [0.15, 0.2) is 18.2 Å². The van der Waals surface area contributed by atoms with Crippen LogP contribution in [0.25, 0.3) is 0 Å². The van der Waals surface area contributed by atoms with Gasteiger partial charge in [0, 0.05) is 13.1 Å². The predicted molar refractivity (Wildman–Crippen MR) is 131 cm³/mol. The quantitative estimate of drug-likeness (QED) is 0.383. The molecule has 4 atom stereocenters. The zero-order valence-corrected chi connectivity index (χ0v) is 21.6. The molecular formula is C27H42N2O5. The Morgan fingerprint density at radius 3 is 2.47 bits per heavy atom. The number of hydrogen-bond donors (Lipinski definition) is 3. The van der Waals surface area contributed by atoms with E-state index < -0.39 is 12.1 Å². The number of nitrogens with zero attached hydrogens (tertiary/aromatic N) is 1. The minimum Gasteiger partial charge on any atom is -0.504 e. The van der Waals surface area contributed by atoms with Crippen LogP contribution in [0.1, 0.15) is 79.2 Å². The maximum atomic E-state index is 13.1. The molecule has 0 aromatic heterocycles. The topological polar surface area (TPSA) is 99.1 Å². The molecule has 7 nitrogen and oxygen atoms in total. The van der Waals surface area contributed by atoms with Gasteiger partial charge in [0.05, 0.1) is 12.1 Å². The molecular weight excluding hydrogens is 432 g/mol. The number of nitrogens with one attached hydrogen (secondary N) is 1. The number of carbonyl (C=O) groups excluding carboxylic acids is 2. The molecule has 1 saturated carbocycles. The molecule has 2 fully saturated rings. The molecule has 2 aliphatic rings. The van der Waals surface area contributed by atoms with Crippen LogP contribution in [0.3, 0.4) is 0 Å². The maximum absolute atomic E-state index is 13.1. The van der Waals surface area contributed by atoms with E-state index in [9.17, 15) is 19.8 Å². The van der Waals surface area contributed by atoms with Crippen molar-refractivity contribution in [1.82, 2.24) is 10.2 Å². The summed E-state index contributed by atoms with van der Waals surface area (Å²) in [4.78, 5) is 27.7. The first kappa shape index (κ1) is 26.3. The lowest BCUT2D eigenvalue weighted by Crippen LogP contribution is -2.49. The summed E-state index contributed by atoms with van der Waals surface area (Å²) in [6.45, 7) is 13.9. The second-order valence-corrected chi connectivity index (χ2v) is 11.4. The number of aromatic hydroxyl groups is 2. The van der Waals surface area contributed by atoms with Gasteiger partial charge in [-0.2, -0.15) is 0 Å². The molecule has 2 unspecified atom stereocenters. The first-order valence-corrected chi connectivity index (χ1v) is 12.6. The molecule has 1 heterocycles. The van der Waals surface area contributed by atoms with E-state index in [0.717, 1.165) is 24.8 Å². The molecule has 0 bridgehead atoms. The lowest BCUT2D eigenvalue weighted by molar-refractivity contribution is -0.158. The van der Waals surface area contributed by atoms with Crippen LogP contribution in [0.4, 0.5) is 0 Å². The molecule has 3 rings (SSSR count). The van der Waals surface area contributed by atoms with Gasteiger partial charge in [0.2, 0.25) is 5.91 Å². The van der Waals surface area contributed by atoms with Crippen LogP contribution in [0, 0.1) is 16.7 Å². The monoisotopic (exact) mass is 474 g/mol. The van der Waals surface area contributed by atoms with Crippen LogP contribution in [0.5, 0.6) is 11.5 Å². The largest absolute Gasteiger partial charge is 0.504 e. The summed E-state index contributed by atoms with van der Waals surface area (Å²) >= 11 is 0. The highest BCUT2D eigenvalue weighted by Crippen LogP contribution is 2.57. The van der Waals surface area contributed by atoms with Gasteiger partial charge in [-0.15, -0.1) is 0 Å². The van der Waals surface area contributed by atoms with Gasteiger partial charge >= 0.3 is 5.97 Å². The fourth-order valence-corrected chi connectivity index (χ4v) is 5.47. The van der Waals surface area contributed by atoms with Crippen molar-refractivity contribution in [1.29, 1.82) is 0 Å². The fourth-order valence-electron chi connectivity index (χ4n) is 5.47. The van der Waals surface area contributed by atoms with Crippen molar-refractivity contribution in [2.45, 2.75) is 98.4 Å². The highest BCUT2D eigenvalue weighted by Gasteiger charge is 2.48. The molecule has 1 aromatic rings. The molecule has 3 N–H and O–H groups in total. The Labute approximate surface area is 203 Å². The molecule has 7 heteroatoms. The maximum Gasteiger partial charge on any atom is 0.329 e. The van der Waals surface area contributed by atoms with Crippen molar-refractivity contribution in [2.75, 3.05) is 6.54 Å². The van der Waals surface area contributed by atoms with Crippen LogP contribution < -0.4 is 5.32 Å². The SMILES string of the molecule is CC(CC1CCC(C)(C)C1(C)C)OC(=O)[C@@H]1CCCN1C(=O)[C@H](C)NCc1ccc(O)c(O)c1. The molecule has 1 aliphatic heterocycles. The summed E-state index contributed by atoms with van der Waals surface area (Å²) in [5, 5.41) is 22.3. The molecule has 190 valence electrons. The Kier molecular flexibility index (Phi) is 7.85. The van der Waals surface area contributed by atoms with Crippen molar-refractivity contribution >= 4 is 11.9 Å². The van der Waals surface area contributed by atoms with E-state index in [-0.39, 0.29) is 40.3 Å². The standard InChI is InChI=1S/C27H42N2O5/c1-17(14-20-11-12-26(3,4)27(20,5)6)34-25(33)21-8-7-13-29(21)24(32)18(2)28-16-19-9-10-22(30)23(31)15-19/h9-10,15,17-18,20-21,28,30-31H,7-8,11-14,16H2,1-6H3/t17?,18-,20?,21-/m0/s1. The van der Waals surface area contributed by atoms with Gasteiger partial charge in [-0.3, -0.25) is 4.79 Å². The van der Waals surface area contributed by atoms with Gasteiger partial charge in [0.1, 0.15) is 6.04 Å². The van der Waals surface area contributed by atoms with Gasteiger partial charge < -0.3 is 25.2 Å². The molecule has 1 aliphatic carbocycles. The van der Waals surface area contributed by atoms with E-state index in [1.54, 1.807) is 17.9 Å². The van der Waals surface area contributed by atoms with Gasteiger partial charge in [-0.1, -0.05) is 33.8 Å². The first-order chi connectivity index (χ1) is 15.8. The average Bonchev–Trinajstić information content (AvgIpc) is 3.32. The average molecular weight is 475 g/mol. The van der Waals surface area contributed by atoms with Gasteiger partial charge in [0.25, 0.3) is 0 Å². The van der Waals surface area contributed by atoms with Crippen LogP contribution >= 0.6 is 0 Å². The van der Waals surface area contributed by atoms with E-state index in [1.165, 1.54) is 18.6 Å². The number of amides is 1. The van der Waals surface area contributed by atoms with Crippen LogP contribution in [-0.2, 0) is 20.9 Å². The second-order valence-electron chi connectivity index (χ2n) is 11.4. The van der Waals surface area contributed by atoms with Crippen molar-refractivity contribution in [3.63, 3.8) is 0 Å². The fraction of sp³-hybridized carbons (Fsp3) is 0.704. The Hall–Kier alpha value is -2.28. The van der Waals surface area contributed by atoms with Crippen molar-refractivity contribution in [3.05, 3.63) is 23.8 Å². The van der Waals surface area contributed by atoms with E-state index in [1.807, 2.05) is 6.92 Å². The van der Waals surface area contributed by atoms with Gasteiger partial charge in [0.15, 0.2) is 11.5 Å². The van der Waals surface area contributed by atoms with E-state index >= 15 is 0 Å². The summed E-state index contributed by atoms with van der Waals surface area (Å²) in [6, 6.07) is 3.53. The number of rotatable bonds is 8. The van der Waals surface area contributed by atoms with Crippen molar-refractivity contribution in [2.24, 2.45) is 16.7 Å². The lowest BCUT2D eigenvalue weighted by Gasteiger charge is -2.40. The minimum absolute atomic E-state index is 0.131. The van der Waals surface area contributed by atoms with Crippen molar-refractivity contribution < 1.29 is 24.5 Å². The van der Waals surface area contributed by atoms with Gasteiger partial charge in [-0.05, 0) is 80.4 Å². The molecule has 0 radical (unpaired) electrons. The smallest absolute Gasteiger partial charge is 0.329 e. The Morgan fingerprint density at radius 2 is 1.85 bits per heavy atom. The Balaban J connectivity index is 1.53. The van der Waals surface area contributed by atoms with E-state index in [4.69, 9.17) is 4.74 Å². The number of esters is 1. The summed E-state index contributed by atoms with van der Waals surface area (Å²) in [5.41, 5.74) is 1.22. The van der Waals surface area contributed by atoms with Crippen molar-refractivity contribution in [3.8, 4) is 11.5 Å². The number of phenolic OH excluding ortho intramolecular Hbond substituents is 2. The van der Waals surface area contributed by atoms with E-state index in [2.05, 4.69) is 33.0 Å². The number of phenols is 2. The lowest BCUT2D eigenvalue weighted by atomic mass is 9.66. The zero-order chi connectivity index (χ0) is 25.3. The number of benzene rings is 1. The third-order valence-electron chi connectivity index (χ3n) is 8.65. The third kappa shape index (κ3) is 5.51. The molecule has 34 heavy (non-hydrogen) atoms. The number of ether oxygens (including phenoxy) is 1. The highest BCUT2D eigenvalue weighted by molar-refractivity contribution is 5.88. The number of hydrogen-bond acceptors (Lipinski definition) is 6. The second kappa shape index (κ2) is 10.1. The predicted octanol–water partition coefficient (Wildman–Crippen LogP) is 4.35. The molecule has 1 amide bonds. The molecule has 1 saturated heterocycles. The summed E-state index contributed by atoms with van der Waals surface area (Å²) in [5.74, 6) is -0.298.